The molecule has 2 saturated heterocycles. The predicted octanol–water partition coefficient (Wildman–Crippen LogP) is 2.34. The van der Waals surface area contributed by atoms with Gasteiger partial charge in [-0.05, 0) is 50.4 Å². The zero-order chi connectivity index (χ0) is 16.4. The Labute approximate surface area is 136 Å². The second-order valence-electron chi connectivity index (χ2n) is 6.95. The molecule has 0 saturated carbocycles. The molecule has 1 aromatic carbocycles. The highest BCUT2D eigenvalue weighted by molar-refractivity contribution is 5.78. The lowest BCUT2D eigenvalue weighted by atomic mass is 9.85. The number of aliphatic hydroxyl groups is 1. The first-order valence-corrected chi connectivity index (χ1v) is 8.43. The largest absolute Gasteiger partial charge is 0.388 e. The van der Waals surface area contributed by atoms with Gasteiger partial charge in [-0.25, -0.2) is 4.39 Å². The Morgan fingerprint density at radius 1 is 1.30 bits per heavy atom. The second-order valence-corrected chi connectivity index (χ2v) is 6.95. The number of carbonyl (C=O) groups is 1. The van der Waals surface area contributed by atoms with Crippen molar-refractivity contribution in [3.05, 3.63) is 35.6 Å². The van der Waals surface area contributed by atoms with Gasteiger partial charge in [0.1, 0.15) is 5.82 Å². The Balaban J connectivity index is 1.67. The first-order chi connectivity index (χ1) is 11.0. The smallest absolute Gasteiger partial charge is 0.225 e. The lowest BCUT2D eigenvalue weighted by Gasteiger charge is -2.44. The zero-order valence-corrected chi connectivity index (χ0v) is 13.7. The van der Waals surface area contributed by atoms with E-state index in [1.165, 1.54) is 12.1 Å². The van der Waals surface area contributed by atoms with Crippen LogP contribution >= 0.6 is 0 Å². The van der Waals surface area contributed by atoms with E-state index in [0.717, 1.165) is 45.3 Å². The van der Waals surface area contributed by atoms with Crippen LogP contribution < -0.4 is 0 Å². The Morgan fingerprint density at radius 3 is 2.74 bits per heavy atom. The van der Waals surface area contributed by atoms with Crippen LogP contribution in [0.15, 0.2) is 24.3 Å². The van der Waals surface area contributed by atoms with Gasteiger partial charge < -0.3 is 14.9 Å². The van der Waals surface area contributed by atoms with Gasteiger partial charge in [-0.1, -0.05) is 12.1 Å². The molecule has 2 fully saturated rings. The van der Waals surface area contributed by atoms with Crippen molar-refractivity contribution in [2.45, 2.75) is 43.7 Å². The van der Waals surface area contributed by atoms with Gasteiger partial charge in [0.2, 0.25) is 5.91 Å². The summed E-state index contributed by atoms with van der Waals surface area (Å²) in [5.74, 6) is -0.397. The van der Waals surface area contributed by atoms with E-state index < -0.39 is 6.10 Å². The van der Waals surface area contributed by atoms with Crippen molar-refractivity contribution in [1.29, 1.82) is 0 Å². The molecule has 126 valence electrons. The molecule has 1 unspecified atom stereocenters. The first-order valence-electron chi connectivity index (χ1n) is 8.43. The van der Waals surface area contributed by atoms with Crippen LogP contribution in [0.3, 0.4) is 0 Å². The highest BCUT2D eigenvalue weighted by Gasteiger charge is 2.44. The van der Waals surface area contributed by atoms with Gasteiger partial charge in [-0.3, -0.25) is 4.79 Å². The average Bonchev–Trinajstić information content (AvgIpc) is 2.94. The van der Waals surface area contributed by atoms with E-state index in [2.05, 4.69) is 11.9 Å². The molecule has 1 N–H and O–H groups in total. The van der Waals surface area contributed by atoms with Gasteiger partial charge in [0, 0.05) is 25.2 Å². The SMILES string of the molecule is CN1CCC2(CCCN2C(=O)CC(O)c2cccc(F)c2)CC1. The summed E-state index contributed by atoms with van der Waals surface area (Å²) < 4.78 is 13.3. The summed E-state index contributed by atoms with van der Waals surface area (Å²) in [6.45, 7) is 2.80. The van der Waals surface area contributed by atoms with Crippen LogP contribution in [0.4, 0.5) is 4.39 Å². The fourth-order valence-electron chi connectivity index (χ4n) is 3.99. The van der Waals surface area contributed by atoms with Crippen molar-refractivity contribution in [3.8, 4) is 0 Å². The molecular weight excluding hydrogens is 295 g/mol. The fourth-order valence-corrected chi connectivity index (χ4v) is 3.99. The maximum absolute atomic E-state index is 13.3. The minimum atomic E-state index is -0.942. The van der Waals surface area contributed by atoms with Crippen LogP contribution in [0.2, 0.25) is 0 Å². The molecule has 3 rings (SSSR count). The van der Waals surface area contributed by atoms with Crippen LogP contribution in [0, 0.1) is 5.82 Å². The molecule has 0 aromatic heterocycles. The Bertz CT molecular complexity index is 570. The molecular formula is C18H25FN2O2. The normalized spacial score (nSPS) is 22.5. The summed E-state index contributed by atoms with van der Waals surface area (Å²) in [6.07, 6.45) is 3.19. The predicted molar refractivity (Wildman–Crippen MR) is 86.4 cm³/mol. The number of rotatable bonds is 3. The molecule has 1 spiro atoms. The molecule has 23 heavy (non-hydrogen) atoms. The fraction of sp³-hybridized carbons (Fsp3) is 0.611. The van der Waals surface area contributed by atoms with Crippen molar-refractivity contribution >= 4 is 5.91 Å². The van der Waals surface area contributed by atoms with Gasteiger partial charge in [0.05, 0.1) is 12.5 Å². The maximum Gasteiger partial charge on any atom is 0.225 e. The van der Waals surface area contributed by atoms with E-state index in [-0.39, 0.29) is 23.7 Å². The third-order valence-electron chi connectivity index (χ3n) is 5.42. The van der Waals surface area contributed by atoms with Gasteiger partial charge in [-0.2, -0.15) is 0 Å². The van der Waals surface area contributed by atoms with Crippen molar-refractivity contribution in [3.63, 3.8) is 0 Å². The summed E-state index contributed by atoms with van der Waals surface area (Å²) in [5.41, 5.74) is 0.445. The third kappa shape index (κ3) is 3.40. The summed E-state index contributed by atoms with van der Waals surface area (Å²) in [6, 6.07) is 5.86. The van der Waals surface area contributed by atoms with Gasteiger partial charge in [0.15, 0.2) is 0 Å². The lowest BCUT2D eigenvalue weighted by molar-refractivity contribution is -0.139. The van der Waals surface area contributed by atoms with Crippen LogP contribution in [0.5, 0.6) is 0 Å². The Kier molecular flexibility index (Phi) is 4.69. The van der Waals surface area contributed by atoms with Crippen molar-refractivity contribution in [2.75, 3.05) is 26.7 Å². The van der Waals surface area contributed by atoms with E-state index in [4.69, 9.17) is 0 Å². The molecule has 1 aromatic rings. The zero-order valence-electron chi connectivity index (χ0n) is 13.7. The lowest BCUT2D eigenvalue weighted by Crippen LogP contribution is -2.53. The van der Waals surface area contributed by atoms with E-state index in [9.17, 15) is 14.3 Å². The number of hydrogen-bond donors (Lipinski definition) is 1. The number of amides is 1. The summed E-state index contributed by atoms with van der Waals surface area (Å²) >= 11 is 0. The summed E-state index contributed by atoms with van der Waals surface area (Å²) in [4.78, 5) is 17.0. The number of hydrogen-bond acceptors (Lipinski definition) is 3. The number of likely N-dealkylation sites (tertiary alicyclic amines) is 2. The third-order valence-corrected chi connectivity index (χ3v) is 5.42. The molecule has 0 bridgehead atoms. The highest BCUT2D eigenvalue weighted by atomic mass is 19.1. The summed E-state index contributed by atoms with van der Waals surface area (Å²) in [7, 11) is 2.11. The molecule has 1 amide bonds. The van der Waals surface area contributed by atoms with E-state index >= 15 is 0 Å². The van der Waals surface area contributed by atoms with E-state index in [0.29, 0.717) is 5.56 Å². The second kappa shape index (κ2) is 6.57. The molecule has 1 atom stereocenters. The number of carbonyl (C=O) groups excluding carboxylic acids is 1. The van der Waals surface area contributed by atoms with E-state index in [1.807, 2.05) is 4.90 Å². The van der Waals surface area contributed by atoms with Gasteiger partial charge in [-0.15, -0.1) is 0 Å². The Morgan fingerprint density at radius 2 is 2.04 bits per heavy atom. The average molecular weight is 320 g/mol. The monoisotopic (exact) mass is 320 g/mol. The first kappa shape index (κ1) is 16.4. The van der Waals surface area contributed by atoms with E-state index in [1.54, 1.807) is 12.1 Å². The van der Waals surface area contributed by atoms with Crippen LogP contribution in [-0.4, -0.2) is 53.0 Å². The minimum absolute atomic E-state index is 0.0104. The molecule has 2 aliphatic rings. The topological polar surface area (TPSA) is 43.8 Å². The van der Waals surface area contributed by atoms with Crippen LogP contribution in [0.1, 0.15) is 43.8 Å². The van der Waals surface area contributed by atoms with Crippen molar-refractivity contribution in [1.82, 2.24) is 9.80 Å². The molecule has 0 radical (unpaired) electrons. The number of halogens is 1. The van der Waals surface area contributed by atoms with Gasteiger partial charge in [0.25, 0.3) is 0 Å². The van der Waals surface area contributed by atoms with Crippen molar-refractivity contribution in [2.24, 2.45) is 0 Å². The molecule has 5 heteroatoms. The Hall–Kier alpha value is -1.46. The molecule has 2 aliphatic heterocycles. The maximum atomic E-state index is 13.3. The van der Waals surface area contributed by atoms with Crippen LogP contribution in [-0.2, 0) is 4.79 Å². The summed E-state index contributed by atoms with van der Waals surface area (Å²) in [5, 5.41) is 10.3. The standard InChI is InChI=1S/C18H25FN2O2/c1-20-10-7-18(8-11-20)6-3-9-21(18)17(23)13-16(22)14-4-2-5-15(19)12-14/h2,4-5,12,16,22H,3,6-11,13H2,1H3. The molecule has 0 aliphatic carbocycles. The van der Waals surface area contributed by atoms with Gasteiger partial charge >= 0.3 is 0 Å². The quantitative estimate of drug-likeness (QED) is 0.930. The number of nitrogens with zero attached hydrogens (tertiary/aromatic N) is 2. The minimum Gasteiger partial charge on any atom is -0.388 e. The number of benzene rings is 1. The highest BCUT2D eigenvalue weighted by Crippen LogP contribution is 2.39. The number of piperidine rings is 1. The number of aliphatic hydroxyl groups excluding tert-OH is 1. The molecule has 2 heterocycles. The van der Waals surface area contributed by atoms with Crippen molar-refractivity contribution < 1.29 is 14.3 Å². The van der Waals surface area contributed by atoms with Crippen LogP contribution in [0.25, 0.3) is 0 Å². The molecule has 4 nitrogen and oxygen atoms in total.